The van der Waals surface area contributed by atoms with E-state index in [4.69, 9.17) is 11.6 Å². The van der Waals surface area contributed by atoms with E-state index >= 15 is 0 Å². The summed E-state index contributed by atoms with van der Waals surface area (Å²) in [5, 5.41) is 14.1. The predicted octanol–water partition coefficient (Wildman–Crippen LogP) is 4.43. The Morgan fingerprint density at radius 3 is 2.78 bits per heavy atom. The molecular formula is C16H15ClN2O3S. The second kappa shape index (κ2) is 7.99. The minimum atomic E-state index is -0.429. The van der Waals surface area contributed by atoms with E-state index in [-0.39, 0.29) is 17.3 Å². The van der Waals surface area contributed by atoms with Crippen molar-refractivity contribution in [2.45, 2.75) is 12.7 Å². The lowest BCUT2D eigenvalue weighted by atomic mass is 10.2. The van der Waals surface area contributed by atoms with E-state index in [0.29, 0.717) is 16.5 Å². The zero-order valence-electron chi connectivity index (χ0n) is 12.4. The van der Waals surface area contributed by atoms with Crippen LogP contribution in [-0.2, 0) is 10.5 Å². The third-order valence-corrected chi connectivity index (χ3v) is 4.49. The van der Waals surface area contributed by atoms with Crippen molar-refractivity contribution in [1.82, 2.24) is 0 Å². The maximum absolute atomic E-state index is 11.9. The number of anilines is 1. The maximum Gasteiger partial charge on any atom is 0.269 e. The highest BCUT2D eigenvalue weighted by Gasteiger charge is 2.07. The zero-order valence-corrected chi connectivity index (χ0v) is 14.0. The fraction of sp³-hybridized carbons (Fsp3) is 0.188. The fourth-order valence-corrected chi connectivity index (χ4v) is 2.84. The number of non-ortho nitro benzene ring substituents is 1. The largest absolute Gasteiger partial charge is 0.325 e. The first-order chi connectivity index (χ1) is 11.0. The number of halogens is 1. The molecule has 7 heteroatoms. The van der Waals surface area contributed by atoms with Gasteiger partial charge in [-0.3, -0.25) is 14.9 Å². The van der Waals surface area contributed by atoms with Crippen LogP contribution in [0.5, 0.6) is 0 Å². The van der Waals surface area contributed by atoms with Crippen molar-refractivity contribution < 1.29 is 9.72 Å². The average molecular weight is 351 g/mol. The van der Waals surface area contributed by atoms with Crippen LogP contribution in [0.15, 0.2) is 42.5 Å². The molecule has 0 aromatic heterocycles. The molecule has 0 saturated carbocycles. The summed E-state index contributed by atoms with van der Waals surface area (Å²) in [6.45, 7) is 1.89. The quantitative estimate of drug-likeness (QED) is 0.618. The maximum atomic E-state index is 11.9. The molecule has 0 aliphatic rings. The number of nitro groups is 1. The summed E-state index contributed by atoms with van der Waals surface area (Å²) in [6, 6.07) is 11.8. The lowest BCUT2D eigenvalue weighted by Gasteiger charge is -2.07. The molecule has 0 saturated heterocycles. The van der Waals surface area contributed by atoms with Crippen LogP contribution >= 0.6 is 23.4 Å². The van der Waals surface area contributed by atoms with Gasteiger partial charge >= 0.3 is 0 Å². The normalized spacial score (nSPS) is 10.3. The van der Waals surface area contributed by atoms with Crippen molar-refractivity contribution >= 4 is 40.6 Å². The van der Waals surface area contributed by atoms with Gasteiger partial charge < -0.3 is 5.32 Å². The number of nitrogens with one attached hydrogen (secondary N) is 1. The van der Waals surface area contributed by atoms with E-state index in [9.17, 15) is 14.9 Å². The van der Waals surface area contributed by atoms with Gasteiger partial charge in [-0.2, -0.15) is 0 Å². The van der Waals surface area contributed by atoms with Crippen LogP contribution in [0.25, 0.3) is 0 Å². The van der Waals surface area contributed by atoms with Gasteiger partial charge in [-0.15, -0.1) is 11.8 Å². The van der Waals surface area contributed by atoms with Crippen molar-refractivity contribution in [1.29, 1.82) is 0 Å². The Labute approximate surface area is 143 Å². The molecule has 0 radical (unpaired) electrons. The molecule has 0 aliphatic heterocycles. The van der Waals surface area contributed by atoms with Crippen LogP contribution in [0.1, 0.15) is 11.1 Å². The minimum absolute atomic E-state index is 0.0573. The summed E-state index contributed by atoms with van der Waals surface area (Å²) in [4.78, 5) is 22.2. The van der Waals surface area contributed by atoms with Crippen LogP contribution in [0, 0.1) is 17.0 Å². The Kier molecular flexibility index (Phi) is 6.01. The molecule has 0 aliphatic carbocycles. The van der Waals surface area contributed by atoms with Crippen molar-refractivity contribution in [3.05, 3.63) is 68.7 Å². The number of hydrogen-bond donors (Lipinski definition) is 1. The Morgan fingerprint density at radius 1 is 1.30 bits per heavy atom. The average Bonchev–Trinajstić information content (AvgIpc) is 2.51. The van der Waals surface area contributed by atoms with Crippen molar-refractivity contribution in [3.8, 4) is 0 Å². The predicted molar refractivity (Wildman–Crippen MR) is 94.1 cm³/mol. The monoisotopic (exact) mass is 350 g/mol. The smallest absolute Gasteiger partial charge is 0.269 e. The van der Waals surface area contributed by atoms with E-state index in [0.717, 1.165) is 11.1 Å². The summed E-state index contributed by atoms with van der Waals surface area (Å²) in [5.74, 6) is 0.651. The number of hydrogen-bond acceptors (Lipinski definition) is 4. The molecule has 2 aromatic rings. The Morgan fingerprint density at radius 2 is 2.09 bits per heavy atom. The highest BCUT2D eigenvalue weighted by Crippen LogP contribution is 2.21. The van der Waals surface area contributed by atoms with Gasteiger partial charge in [0, 0.05) is 28.6 Å². The van der Waals surface area contributed by atoms with Gasteiger partial charge in [-0.1, -0.05) is 29.8 Å². The van der Waals surface area contributed by atoms with Crippen LogP contribution in [0.3, 0.4) is 0 Å². The van der Waals surface area contributed by atoms with Gasteiger partial charge in [0.05, 0.1) is 10.7 Å². The number of rotatable bonds is 6. The molecule has 0 bridgehead atoms. The van der Waals surface area contributed by atoms with E-state index in [1.807, 2.05) is 13.0 Å². The van der Waals surface area contributed by atoms with Crippen molar-refractivity contribution in [3.63, 3.8) is 0 Å². The topological polar surface area (TPSA) is 72.2 Å². The fourth-order valence-electron chi connectivity index (χ4n) is 1.89. The third kappa shape index (κ3) is 5.26. The lowest BCUT2D eigenvalue weighted by Crippen LogP contribution is -2.14. The highest BCUT2D eigenvalue weighted by molar-refractivity contribution is 7.99. The number of carbonyl (C=O) groups is 1. The van der Waals surface area contributed by atoms with Gasteiger partial charge in [0.15, 0.2) is 0 Å². The van der Waals surface area contributed by atoms with Gasteiger partial charge in [-0.25, -0.2) is 0 Å². The van der Waals surface area contributed by atoms with Crippen molar-refractivity contribution in [2.24, 2.45) is 0 Å². The molecule has 0 fully saturated rings. The van der Waals surface area contributed by atoms with Crippen molar-refractivity contribution in [2.75, 3.05) is 11.1 Å². The first-order valence-electron chi connectivity index (χ1n) is 6.83. The van der Waals surface area contributed by atoms with E-state index in [1.54, 1.807) is 24.3 Å². The summed E-state index contributed by atoms with van der Waals surface area (Å²) in [7, 11) is 0. The SMILES string of the molecule is Cc1ccc(NC(=O)CSCc2cccc([N+](=O)[O-])c2)cc1Cl. The number of nitrogens with zero attached hydrogens (tertiary/aromatic N) is 1. The number of benzene rings is 2. The van der Waals surface area contributed by atoms with Gasteiger partial charge in [0.2, 0.25) is 5.91 Å². The highest BCUT2D eigenvalue weighted by atomic mass is 35.5. The summed E-state index contributed by atoms with van der Waals surface area (Å²) < 4.78 is 0. The zero-order chi connectivity index (χ0) is 16.8. The van der Waals surface area contributed by atoms with Gasteiger partial charge in [0.1, 0.15) is 0 Å². The second-order valence-electron chi connectivity index (χ2n) is 4.93. The molecule has 0 heterocycles. The molecule has 0 spiro atoms. The second-order valence-corrected chi connectivity index (χ2v) is 6.32. The molecule has 5 nitrogen and oxygen atoms in total. The number of nitro benzene ring substituents is 1. The first-order valence-corrected chi connectivity index (χ1v) is 8.36. The molecule has 2 aromatic carbocycles. The van der Waals surface area contributed by atoms with E-state index < -0.39 is 4.92 Å². The standard InChI is InChI=1S/C16H15ClN2O3S/c1-11-5-6-13(8-15(11)17)18-16(20)10-23-9-12-3-2-4-14(7-12)19(21)22/h2-8H,9-10H2,1H3,(H,18,20). The minimum Gasteiger partial charge on any atom is -0.325 e. The molecule has 23 heavy (non-hydrogen) atoms. The lowest BCUT2D eigenvalue weighted by molar-refractivity contribution is -0.384. The number of carbonyl (C=O) groups excluding carboxylic acids is 1. The van der Waals surface area contributed by atoms with Gasteiger partial charge in [0.25, 0.3) is 5.69 Å². The summed E-state index contributed by atoms with van der Waals surface area (Å²) in [6.07, 6.45) is 0. The Hall–Kier alpha value is -2.05. The molecule has 0 atom stereocenters. The number of aryl methyl sites for hydroxylation is 1. The first kappa shape index (κ1) is 17.3. The number of thioether (sulfide) groups is 1. The van der Waals surface area contributed by atoms with Crippen LogP contribution in [0.2, 0.25) is 5.02 Å². The molecule has 1 N–H and O–H groups in total. The summed E-state index contributed by atoms with van der Waals surface area (Å²) in [5.41, 5.74) is 2.48. The van der Waals surface area contributed by atoms with E-state index in [2.05, 4.69) is 5.32 Å². The van der Waals surface area contributed by atoms with Crippen LogP contribution in [0.4, 0.5) is 11.4 Å². The summed E-state index contributed by atoms with van der Waals surface area (Å²) >= 11 is 7.40. The molecule has 2 rings (SSSR count). The van der Waals surface area contributed by atoms with Crippen LogP contribution < -0.4 is 5.32 Å². The van der Waals surface area contributed by atoms with E-state index in [1.165, 1.54) is 23.9 Å². The molecule has 120 valence electrons. The Bertz CT molecular complexity index is 737. The molecule has 1 amide bonds. The molecular weight excluding hydrogens is 336 g/mol. The van der Waals surface area contributed by atoms with Crippen LogP contribution in [-0.4, -0.2) is 16.6 Å². The number of amides is 1. The third-order valence-electron chi connectivity index (χ3n) is 3.08. The Balaban J connectivity index is 1.84. The molecule has 0 unspecified atom stereocenters. The van der Waals surface area contributed by atoms with Gasteiger partial charge in [-0.05, 0) is 30.2 Å².